The van der Waals surface area contributed by atoms with Crippen LogP contribution in [0.4, 0.5) is 0 Å². The van der Waals surface area contributed by atoms with Gasteiger partial charge in [0.1, 0.15) is 5.60 Å². The number of rotatable bonds is 1. The van der Waals surface area contributed by atoms with Crippen LogP contribution in [-0.2, 0) is 9.47 Å². The third-order valence-corrected chi connectivity index (χ3v) is 1.91. The molecule has 0 spiro atoms. The average molecular weight is 163 g/mol. The van der Waals surface area contributed by atoms with Crippen molar-refractivity contribution in [2.24, 2.45) is 5.73 Å². The van der Waals surface area contributed by atoms with Crippen LogP contribution in [0.1, 0.15) is 6.92 Å². The highest BCUT2D eigenvalue weighted by molar-refractivity contribution is 4.87. The summed E-state index contributed by atoms with van der Waals surface area (Å²) < 4.78 is 9.45. The zero-order chi connectivity index (χ0) is 8.48. The van der Waals surface area contributed by atoms with Gasteiger partial charge in [0.15, 0.2) is 0 Å². The van der Waals surface area contributed by atoms with Crippen LogP contribution in [0.25, 0.3) is 0 Å². The van der Waals surface area contributed by atoms with Gasteiger partial charge in [-0.05, 0) is 6.92 Å². The highest BCUT2D eigenvalue weighted by Crippen LogP contribution is 2.20. The molecule has 0 aromatic rings. The Morgan fingerprint density at radius 3 is 2.82 bits per heavy atom. The second-order valence-electron chi connectivity index (χ2n) is 2.70. The van der Waals surface area contributed by atoms with Crippen molar-refractivity contribution in [1.82, 2.24) is 0 Å². The predicted octanol–water partition coefficient (Wildman–Crippen LogP) is -1.61. The van der Waals surface area contributed by atoms with E-state index < -0.39 is 18.2 Å². The predicted molar refractivity (Wildman–Crippen MR) is 36.5 cm³/mol. The van der Waals surface area contributed by atoms with E-state index in [9.17, 15) is 5.11 Å². The molecule has 3 atom stereocenters. The molecule has 0 saturated carbocycles. The Morgan fingerprint density at radius 2 is 2.36 bits per heavy atom. The lowest BCUT2D eigenvalue weighted by atomic mass is 9.99. The molecule has 1 saturated heterocycles. The summed E-state index contributed by atoms with van der Waals surface area (Å²) >= 11 is 0. The van der Waals surface area contributed by atoms with E-state index in [1.807, 2.05) is 0 Å². The van der Waals surface area contributed by atoms with Crippen molar-refractivity contribution in [2.45, 2.75) is 25.1 Å². The molecule has 4 N–H and O–H groups in total. The molecular weight excluding hydrogens is 150 g/mol. The fourth-order valence-electron chi connectivity index (χ4n) is 0.898. The maximum Gasteiger partial charge on any atom is 0.269 e. The molecule has 0 bridgehead atoms. The molecule has 1 aliphatic heterocycles. The lowest BCUT2D eigenvalue weighted by molar-refractivity contribution is -0.353. The standard InChI is InChI=1S/C6H13NO4/c1-4-6(9,2-7)3-10-5(8)11-4/h4-5,8-9H,2-3,7H2,1H3/t4?,5?,6-/m0/s1. The van der Waals surface area contributed by atoms with Crippen LogP contribution in [0.5, 0.6) is 0 Å². The third kappa shape index (κ3) is 1.69. The zero-order valence-corrected chi connectivity index (χ0v) is 6.36. The van der Waals surface area contributed by atoms with Crippen molar-refractivity contribution in [2.75, 3.05) is 13.2 Å². The first-order valence-corrected chi connectivity index (χ1v) is 3.46. The minimum atomic E-state index is -1.24. The van der Waals surface area contributed by atoms with Gasteiger partial charge in [-0.3, -0.25) is 0 Å². The molecule has 0 aromatic heterocycles. The van der Waals surface area contributed by atoms with Crippen LogP contribution in [0, 0.1) is 0 Å². The minimum absolute atomic E-state index is 0.00579. The fraction of sp³-hybridized carbons (Fsp3) is 1.00. The van der Waals surface area contributed by atoms with Gasteiger partial charge in [0.25, 0.3) is 6.48 Å². The van der Waals surface area contributed by atoms with Gasteiger partial charge in [-0.1, -0.05) is 0 Å². The molecule has 0 aliphatic carbocycles. The molecule has 0 aromatic carbocycles. The maximum absolute atomic E-state index is 9.58. The van der Waals surface area contributed by atoms with Crippen LogP contribution in [0.15, 0.2) is 0 Å². The Labute approximate surface area is 64.7 Å². The highest BCUT2D eigenvalue weighted by atomic mass is 16.8. The summed E-state index contributed by atoms with van der Waals surface area (Å²) in [7, 11) is 0. The van der Waals surface area contributed by atoms with Gasteiger partial charge in [0.2, 0.25) is 0 Å². The summed E-state index contributed by atoms with van der Waals surface area (Å²) in [6, 6.07) is 0. The minimum Gasteiger partial charge on any atom is -0.383 e. The molecule has 1 aliphatic rings. The molecule has 1 heterocycles. The molecule has 5 heteroatoms. The lowest BCUT2D eigenvalue weighted by Gasteiger charge is -2.38. The van der Waals surface area contributed by atoms with E-state index in [0.717, 1.165) is 0 Å². The van der Waals surface area contributed by atoms with Crippen molar-refractivity contribution in [3.8, 4) is 0 Å². The molecule has 66 valence electrons. The Hall–Kier alpha value is -0.200. The fourth-order valence-corrected chi connectivity index (χ4v) is 0.898. The lowest BCUT2D eigenvalue weighted by Crippen LogP contribution is -2.57. The van der Waals surface area contributed by atoms with Crippen molar-refractivity contribution in [3.05, 3.63) is 0 Å². The van der Waals surface area contributed by atoms with E-state index >= 15 is 0 Å². The Bertz CT molecular complexity index is 143. The van der Waals surface area contributed by atoms with Crippen LogP contribution in [-0.4, -0.2) is 41.5 Å². The van der Waals surface area contributed by atoms with Gasteiger partial charge in [-0.15, -0.1) is 0 Å². The van der Waals surface area contributed by atoms with Crippen LogP contribution in [0.2, 0.25) is 0 Å². The number of nitrogens with two attached hydrogens (primary N) is 1. The van der Waals surface area contributed by atoms with Crippen molar-refractivity contribution in [3.63, 3.8) is 0 Å². The Kier molecular flexibility index (Phi) is 2.46. The normalized spacial score (nSPS) is 45.8. The SMILES string of the molecule is CC1OC(O)OC[C@@]1(O)CN. The Balaban J connectivity index is 2.56. The highest BCUT2D eigenvalue weighted by Gasteiger charge is 2.39. The first kappa shape index (κ1) is 8.89. The van der Waals surface area contributed by atoms with E-state index in [0.29, 0.717) is 0 Å². The third-order valence-electron chi connectivity index (χ3n) is 1.91. The van der Waals surface area contributed by atoms with E-state index in [2.05, 4.69) is 4.74 Å². The van der Waals surface area contributed by atoms with Gasteiger partial charge < -0.3 is 25.4 Å². The van der Waals surface area contributed by atoms with E-state index in [4.69, 9.17) is 15.6 Å². The quantitative estimate of drug-likeness (QED) is 0.433. The van der Waals surface area contributed by atoms with Gasteiger partial charge in [-0.25, -0.2) is 0 Å². The second kappa shape index (κ2) is 3.04. The van der Waals surface area contributed by atoms with Gasteiger partial charge in [-0.2, -0.15) is 0 Å². The topological polar surface area (TPSA) is 84.9 Å². The second-order valence-corrected chi connectivity index (χ2v) is 2.70. The number of hydrogen-bond acceptors (Lipinski definition) is 5. The van der Waals surface area contributed by atoms with Crippen molar-refractivity contribution >= 4 is 0 Å². The van der Waals surface area contributed by atoms with Crippen molar-refractivity contribution < 1.29 is 19.7 Å². The first-order valence-electron chi connectivity index (χ1n) is 3.46. The number of aliphatic hydroxyl groups excluding tert-OH is 1. The van der Waals surface area contributed by atoms with Crippen LogP contribution < -0.4 is 5.73 Å². The molecular formula is C6H13NO4. The number of aliphatic hydroxyl groups is 2. The van der Waals surface area contributed by atoms with Crippen molar-refractivity contribution in [1.29, 1.82) is 0 Å². The molecule has 2 unspecified atom stereocenters. The zero-order valence-electron chi connectivity index (χ0n) is 6.36. The van der Waals surface area contributed by atoms with Gasteiger partial charge in [0, 0.05) is 6.54 Å². The van der Waals surface area contributed by atoms with Gasteiger partial charge in [0.05, 0.1) is 12.7 Å². The smallest absolute Gasteiger partial charge is 0.269 e. The molecule has 1 fully saturated rings. The average Bonchev–Trinajstić information content (AvgIpc) is 1.98. The molecule has 5 nitrogen and oxygen atoms in total. The van der Waals surface area contributed by atoms with E-state index in [1.54, 1.807) is 6.92 Å². The Morgan fingerprint density at radius 1 is 1.73 bits per heavy atom. The summed E-state index contributed by atoms with van der Waals surface area (Å²) in [6.07, 6.45) is -0.503. The molecule has 0 amide bonds. The number of ether oxygens (including phenoxy) is 2. The largest absolute Gasteiger partial charge is 0.383 e. The summed E-state index contributed by atoms with van der Waals surface area (Å²) in [5.74, 6) is 0. The van der Waals surface area contributed by atoms with Gasteiger partial charge >= 0.3 is 0 Å². The molecule has 11 heavy (non-hydrogen) atoms. The van der Waals surface area contributed by atoms with Crippen LogP contribution >= 0.6 is 0 Å². The maximum atomic E-state index is 9.58. The first-order chi connectivity index (χ1) is 5.08. The van der Waals surface area contributed by atoms with Crippen LogP contribution in [0.3, 0.4) is 0 Å². The monoisotopic (exact) mass is 163 g/mol. The summed E-state index contributed by atoms with van der Waals surface area (Å²) in [5, 5.41) is 18.4. The summed E-state index contributed by atoms with van der Waals surface area (Å²) in [5.41, 5.74) is 4.11. The van der Waals surface area contributed by atoms with E-state index in [1.165, 1.54) is 0 Å². The number of hydrogen-bond donors (Lipinski definition) is 3. The summed E-state index contributed by atoms with van der Waals surface area (Å²) in [6.45, 7) is 0.461. The molecule has 1 rings (SSSR count). The summed E-state index contributed by atoms with van der Waals surface area (Å²) in [4.78, 5) is 0. The molecule has 0 radical (unpaired) electrons. The van der Waals surface area contributed by atoms with E-state index in [-0.39, 0.29) is 13.2 Å².